The molecule has 2 aromatic carbocycles. The number of hydrogen-bond acceptors (Lipinski definition) is 2. The Labute approximate surface area is 103 Å². The summed E-state index contributed by atoms with van der Waals surface area (Å²) in [5, 5.41) is 10.2. The number of rotatable bonds is 2. The van der Waals surface area contributed by atoms with Crippen LogP contribution in [-0.2, 0) is 0 Å². The Kier molecular flexibility index (Phi) is 3.22. The molecule has 4 heteroatoms. The highest BCUT2D eigenvalue weighted by Gasteiger charge is 2.08. The van der Waals surface area contributed by atoms with Crippen molar-refractivity contribution in [3.8, 4) is 17.2 Å². The van der Waals surface area contributed by atoms with Gasteiger partial charge in [-0.05, 0) is 12.1 Å². The van der Waals surface area contributed by atoms with Crippen LogP contribution in [0, 0.1) is 0 Å². The second kappa shape index (κ2) is 4.64. The maximum atomic E-state index is 9.61. The standard InChI is InChI=1S/C12H8Cl2O2/c13-9-6-11(15)12(7-10(9)14)16-8-4-2-1-3-5-8/h1-7,15H. The maximum absolute atomic E-state index is 9.61. The number of phenols is 1. The number of ether oxygens (including phenoxy) is 1. The molecule has 0 bridgehead atoms. The minimum absolute atomic E-state index is 0.0433. The summed E-state index contributed by atoms with van der Waals surface area (Å²) in [6.45, 7) is 0. The Morgan fingerprint density at radius 2 is 1.56 bits per heavy atom. The van der Waals surface area contributed by atoms with Gasteiger partial charge in [0.1, 0.15) is 5.75 Å². The van der Waals surface area contributed by atoms with Crippen molar-refractivity contribution in [1.29, 1.82) is 0 Å². The normalized spacial score (nSPS) is 10.1. The minimum Gasteiger partial charge on any atom is -0.504 e. The van der Waals surface area contributed by atoms with Gasteiger partial charge in [0.25, 0.3) is 0 Å². The monoisotopic (exact) mass is 254 g/mol. The summed E-state index contributed by atoms with van der Waals surface area (Å²) < 4.78 is 5.45. The lowest BCUT2D eigenvalue weighted by molar-refractivity contribution is 0.411. The van der Waals surface area contributed by atoms with Gasteiger partial charge in [-0.2, -0.15) is 0 Å². The SMILES string of the molecule is Oc1cc(Cl)c(Cl)cc1Oc1ccccc1. The first-order valence-corrected chi connectivity index (χ1v) is 5.33. The van der Waals surface area contributed by atoms with Gasteiger partial charge in [0.2, 0.25) is 0 Å². The summed E-state index contributed by atoms with van der Waals surface area (Å²) in [6.07, 6.45) is 0. The number of benzene rings is 2. The van der Waals surface area contributed by atoms with Gasteiger partial charge in [-0.25, -0.2) is 0 Å². The van der Waals surface area contributed by atoms with Crippen LogP contribution in [0.25, 0.3) is 0 Å². The van der Waals surface area contributed by atoms with Crippen molar-refractivity contribution in [2.45, 2.75) is 0 Å². The second-order valence-electron chi connectivity index (χ2n) is 3.15. The van der Waals surface area contributed by atoms with Crippen molar-refractivity contribution >= 4 is 23.2 Å². The molecule has 0 amide bonds. The summed E-state index contributed by atoms with van der Waals surface area (Å²) in [6, 6.07) is 11.9. The van der Waals surface area contributed by atoms with Crippen molar-refractivity contribution in [1.82, 2.24) is 0 Å². The molecular weight excluding hydrogens is 247 g/mol. The fraction of sp³-hybridized carbons (Fsp3) is 0. The van der Waals surface area contributed by atoms with Gasteiger partial charge in [-0.1, -0.05) is 41.4 Å². The molecule has 0 saturated heterocycles. The predicted molar refractivity (Wildman–Crippen MR) is 64.6 cm³/mol. The molecule has 0 aliphatic carbocycles. The fourth-order valence-corrected chi connectivity index (χ4v) is 1.53. The molecule has 2 aromatic rings. The number of hydrogen-bond donors (Lipinski definition) is 1. The molecule has 0 aromatic heterocycles. The van der Waals surface area contributed by atoms with Crippen molar-refractivity contribution in [2.24, 2.45) is 0 Å². The number of aromatic hydroxyl groups is 1. The van der Waals surface area contributed by atoms with E-state index in [9.17, 15) is 5.11 Å². The van der Waals surface area contributed by atoms with E-state index in [1.54, 1.807) is 12.1 Å². The van der Waals surface area contributed by atoms with E-state index in [1.807, 2.05) is 18.2 Å². The quantitative estimate of drug-likeness (QED) is 0.856. The minimum atomic E-state index is -0.0433. The van der Waals surface area contributed by atoms with E-state index in [1.165, 1.54) is 12.1 Å². The topological polar surface area (TPSA) is 29.5 Å². The third kappa shape index (κ3) is 2.40. The zero-order chi connectivity index (χ0) is 11.5. The van der Waals surface area contributed by atoms with Gasteiger partial charge in [0, 0.05) is 12.1 Å². The van der Waals surface area contributed by atoms with Crippen LogP contribution in [0.3, 0.4) is 0 Å². The van der Waals surface area contributed by atoms with Gasteiger partial charge >= 0.3 is 0 Å². The molecule has 0 saturated carbocycles. The van der Waals surface area contributed by atoms with Crippen LogP contribution >= 0.6 is 23.2 Å². The third-order valence-corrected chi connectivity index (χ3v) is 2.70. The zero-order valence-corrected chi connectivity index (χ0v) is 9.66. The molecule has 0 fully saturated rings. The van der Waals surface area contributed by atoms with Gasteiger partial charge in [0.05, 0.1) is 10.0 Å². The largest absolute Gasteiger partial charge is 0.504 e. The van der Waals surface area contributed by atoms with Crippen molar-refractivity contribution < 1.29 is 9.84 Å². The molecule has 1 N–H and O–H groups in total. The van der Waals surface area contributed by atoms with Crippen molar-refractivity contribution in [2.75, 3.05) is 0 Å². The fourth-order valence-electron chi connectivity index (χ4n) is 1.22. The van der Waals surface area contributed by atoms with Crippen LogP contribution in [-0.4, -0.2) is 5.11 Å². The number of para-hydroxylation sites is 1. The van der Waals surface area contributed by atoms with E-state index in [0.717, 1.165) is 0 Å². The van der Waals surface area contributed by atoms with Gasteiger partial charge in [-0.15, -0.1) is 0 Å². The second-order valence-corrected chi connectivity index (χ2v) is 3.96. The highest BCUT2D eigenvalue weighted by atomic mass is 35.5. The molecule has 0 heterocycles. The Hall–Kier alpha value is -1.38. The maximum Gasteiger partial charge on any atom is 0.170 e. The summed E-state index contributed by atoms with van der Waals surface area (Å²) in [5.41, 5.74) is 0. The van der Waals surface area contributed by atoms with Gasteiger partial charge < -0.3 is 9.84 Å². The molecule has 0 spiro atoms. The van der Waals surface area contributed by atoms with Crippen molar-refractivity contribution in [3.05, 3.63) is 52.5 Å². The molecule has 0 radical (unpaired) electrons. The van der Waals surface area contributed by atoms with Crippen LogP contribution in [0.15, 0.2) is 42.5 Å². The summed E-state index contributed by atoms with van der Waals surface area (Å²) >= 11 is 11.6. The number of phenolic OH excluding ortho intramolecular Hbond substituents is 1. The Balaban J connectivity index is 2.32. The predicted octanol–water partition coefficient (Wildman–Crippen LogP) is 4.49. The Bertz CT molecular complexity index is 498. The molecular formula is C12H8Cl2O2. The summed E-state index contributed by atoms with van der Waals surface area (Å²) in [4.78, 5) is 0. The van der Waals surface area contributed by atoms with Crippen LogP contribution < -0.4 is 4.74 Å². The highest BCUT2D eigenvalue weighted by Crippen LogP contribution is 2.37. The van der Waals surface area contributed by atoms with Crippen LogP contribution in [0.5, 0.6) is 17.2 Å². The molecule has 82 valence electrons. The third-order valence-electron chi connectivity index (χ3n) is 1.97. The molecule has 0 aliphatic rings. The summed E-state index contributed by atoms with van der Waals surface area (Å²) in [7, 11) is 0. The summed E-state index contributed by atoms with van der Waals surface area (Å²) in [5.74, 6) is 0.857. The first kappa shape index (κ1) is 11.1. The zero-order valence-electron chi connectivity index (χ0n) is 8.15. The van der Waals surface area contributed by atoms with E-state index in [2.05, 4.69) is 0 Å². The first-order chi connectivity index (χ1) is 7.66. The van der Waals surface area contributed by atoms with E-state index in [4.69, 9.17) is 27.9 Å². The van der Waals surface area contributed by atoms with Gasteiger partial charge in [-0.3, -0.25) is 0 Å². The van der Waals surface area contributed by atoms with Crippen LogP contribution in [0.1, 0.15) is 0 Å². The highest BCUT2D eigenvalue weighted by molar-refractivity contribution is 6.42. The molecule has 2 rings (SSSR count). The molecule has 2 nitrogen and oxygen atoms in total. The molecule has 0 unspecified atom stereocenters. The first-order valence-electron chi connectivity index (χ1n) is 4.58. The van der Waals surface area contributed by atoms with E-state index < -0.39 is 0 Å². The Morgan fingerprint density at radius 1 is 0.938 bits per heavy atom. The Morgan fingerprint density at radius 3 is 2.25 bits per heavy atom. The molecule has 0 aliphatic heterocycles. The lowest BCUT2D eigenvalue weighted by atomic mass is 10.3. The average molecular weight is 255 g/mol. The average Bonchev–Trinajstić information content (AvgIpc) is 2.27. The van der Waals surface area contributed by atoms with E-state index in [0.29, 0.717) is 15.8 Å². The van der Waals surface area contributed by atoms with Crippen LogP contribution in [0.4, 0.5) is 0 Å². The smallest absolute Gasteiger partial charge is 0.170 e. The van der Waals surface area contributed by atoms with Crippen molar-refractivity contribution in [3.63, 3.8) is 0 Å². The van der Waals surface area contributed by atoms with Gasteiger partial charge in [0.15, 0.2) is 11.5 Å². The molecule has 0 atom stereocenters. The number of halogens is 2. The lowest BCUT2D eigenvalue weighted by Crippen LogP contribution is -1.84. The van der Waals surface area contributed by atoms with Crippen LogP contribution in [0.2, 0.25) is 10.0 Å². The molecule has 16 heavy (non-hydrogen) atoms. The van der Waals surface area contributed by atoms with E-state index in [-0.39, 0.29) is 11.5 Å². The van der Waals surface area contributed by atoms with E-state index >= 15 is 0 Å². The lowest BCUT2D eigenvalue weighted by Gasteiger charge is -2.08.